The van der Waals surface area contributed by atoms with Gasteiger partial charge in [0.25, 0.3) is 0 Å². The predicted octanol–water partition coefficient (Wildman–Crippen LogP) is 1.83. The van der Waals surface area contributed by atoms with Crippen molar-refractivity contribution in [1.29, 1.82) is 0 Å². The van der Waals surface area contributed by atoms with Gasteiger partial charge in [0.2, 0.25) is 0 Å². The van der Waals surface area contributed by atoms with Crippen molar-refractivity contribution in [3.05, 3.63) is 27.3 Å². The molecule has 0 aliphatic rings. The molecule has 0 saturated heterocycles. The zero-order valence-electron chi connectivity index (χ0n) is 6.88. The van der Waals surface area contributed by atoms with Gasteiger partial charge in [0.1, 0.15) is 5.75 Å². The summed E-state index contributed by atoms with van der Waals surface area (Å²) in [5.74, 6) is 0.886. The molecule has 66 valence electrons. The highest BCUT2D eigenvalue weighted by atomic mass is 127. The Morgan fingerprint density at radius 2 is 2.25 bits per heavy atom. The normalized spacial score (nSPS) is 9.92. The fraction of sp³-hybridized carbons (Fsp3) is 0.333. The van der Waals surface area contributed by atoms with Gasteiger partial charge in [-0.15, -0.1) is 0 Å². The Hall–Kier alpha value is -0.290. The van der Waals surface area contributed by atoms with E-state index < -0.39 is 0 Å². The summed E-state index contributed by atoms with van der Waals surface area (Å²) in [6, 6.07) is 5.92. The number of methoxy groups -OCH3 is 1. The van der Waals surface area contributed by atoms with Crippen molar-refractivity contribution in [3.8, 4) is 5.75 Å². The average molecular weight is 278 g/mol. The molecule has 0 spiro atoms. The van der Waals surface area contributed by atoms with E-state index in [2.05, 4.69) is 22.6 Å². The molecular formula is C9H11IO2. The van der Waals surface area contributed by atoms with Gasteiger partial charge in [0, 0.05) is 6.61 Å². The summed E-state index contributed by atoms with van der Waals surface area (Å²) in [5, 5.41) is 8.70. The van der Waals surface area contributed by atoms with E-state index in [1.54, 1.807) is 7.11 Å². The largest absolute Gasteiger partial charge is 0.496 e. The van der Waals surface area contributed by atoms with Gasteiger partial charge in [-0.25, -0.2) is 0 Å². The predicted molar refractivity (Wildman–Crippen MR) is 56.5 cm³/mol. The number of hydrogen-bond donors (Lipinski definition) is 1. The first-order valence-corrected chi connectivity index (χ1v) is 4.79. The maximum atomic E-state index is 8.70. The van der Waals surface area contributed by atoms with Crippen LogP contribution in [0.25, 0.3) is 0 Å². The van der Waals surface area contributed by atoms with Crippen molar-refractivity contribution in [1.82, 2.24) is 0 Å². The molecule has 0 unspecified atom stereocenters. The number of ether oxygens (including phenoxy) is 1. The Kier molecular flexibility index (Phi) is 3.81. The average Bonchev–Trinajstić information content (AvgIpc) is 2.05. The number of aliphatic hydroxyl groups excluding tert-OH is 1. The molecule has 1 aromatic carbocycles. The summed E-state index contributed by atoms with van der Waals surface area (Å²) in [6.45, 7) is 0.197. The fourth-order valence-corrected chi connectivity index (χ4v) is 1.79. The van der Waals surface area contributed by atoms with E-state index in [4.69, 9.17) is 9.84 Å². The van der Waals surface area contributed by atoms with Gasteiger partial charge in [0.05, 0.1) is 10.7 Å². The molecule has 0 atom stereocenters. The standard InChI is InChI=1S/C9H11IO2/c1-12-9-3-2-7(4-5-11)6-8(9)10/h2-3,6,11H,4-5H2,1H3. The summed E-state index contributed by atoms with van der Waals surface area (Å²) in [7, 11) is 1.66. The van der Waals surface area contributed by atoms with Gasteiger partial charge >= 0.3 is 0 Å². The molecule has 1 aromatic rings. The molecule has 0 aliphatic heterocycles. The number of hydrogen-bond acceptors (Lipinski definition) is 2. The van der Waals surface area contributed by atoms with Crippen molar-refractivity contribution in [2.75, 3.05) is 13.7 Å². The van der Waals surface area contributed by atoms with E-state index in [-0.39, 0.29) is 6.61 Å². The first-order chi connectivity index (χ1) is 5.77. The smallest absolute Gasteiger partial charge is 0.132 e. The highest BCUT2D eigenvalue weighted by molar-refractivity contribution is 14.1. The van der Waals surface area contributed by atoms with Crippen LogP contribution in [0.2, 0.25) is 0 Å². The maximum Gasteiger partial charge on any atom is 0.132 e. The second-order valence-electron chi connectivity index (χ2n) is 2.44. The van der Waals surface area contributed by atoms with E-state index >= 15 is 0 Å². The summed E-state index contributed by atoms with van der Waals surface area (Å²) in [4.78, 5) is 0. The third kappa shape index (κ3) is 2.35. The van der Waals surface area contributed by atoms with E-state index in [1.807, 2.05) is 18.2 Å². The fourth-order valence-electron chi connectivity index (χ4n) is 0.994. The molecule has 1 N–H and O–H groups in total. The first-order valence-electron chi connectivity index (χ1n) is 3.71. The first kappa shape index (κ1) is 9.80. The number of aliphatic hydroxyl groups is 1. The van der Waals surface area contributed by atoms with E-state index in [1.165, 1.54) is 0 Å². The van der Waals surface area contributed by atoms with Gasteiger partial charge in [-0.3, -0.25) is 0 Å². The quantitative estimate of drug-likeness (QED) is 0.855. The third-order valence-corrected chi connectivity index (χ3v) is 2.46. The van der Waals surface area contributed by atoms with Crippen molar-refractivity contribution >= 4 is 22.6 Å². The van der Waals surface area contributed by atoms with Crippen LogP contribution in [0.4, 0.5) is 0 Å². The second kappa shape index (κ2) is 4.67. The van der Waals surface area contributed by atoms with Crippen LogP contribution < -0.4 is 4.74 Å². The van der Waals surface area contributed by atoms with Crippen LogP contribution >= 0.6 is 22.6 Å². The van der Waals surface area contributed by atoms with Gasteiger partial charge in [-0.2, -0.15) is 0 Å². The van der Waals surface area contributed by atoms with Crippen LogP contribution in [0.3, 0.4) is 0 Å². The highest BCUT2D eigenvalue weighted by Gasteiger charge is 1.99. The van der Waals surface area contributed by atoms with Crippen LogP contribution in [-0.2, 0) is 6.42 Å². The Labute approximate surface area is 85.7 Å². The monoisotopic (exact) mass is 278 g/mol. The Morgan fingerprint density at radius 3 is 2.75 bits per heavy atom. The molecular weight excluding hydrogens is 267 g/mol. The zero-order chi connectivity index (χ0) is 8.97. The van der Waals surface area contributed by atoms with Gasteiger partial charge in [-0.05, 0) is 46.7 Å². The second-order valence-corrected chi connectivity index (χ2v) is 3.60. The van der Waals surface area contributed by atoms with E-state index in [0.29, 0.717) is 6.42 Å². The summed E-state index contributed by atoms with van der Waals surface area (Å²) >= 11 is 2.22. The Balaban J connectivity index is 2.86. The molecule has 3 heteroatoms. The highest BCUT2D eigenvalue weighted by Crippen LogP contribution is 2.21. The summed E-state index contributed by atoms with van der Waals surface area (Å²) < 4.78 is 6.19. The molecule has 0 amide bonds. The van der Waals surface area contributed by atoms with Crippen molar-refractivity contribution in [2.24, 2.45) is 0 Å². The van der Waals surface area contributed by atoms with Crippen LogP contribution in [0.1, 0.15) is 5.56 Å². The van der Waals surface area contributed by atoms with Crippen LogP contribution in [0.15, 0.2) is 18.2 Å². The minimum atomic E-state index is 0.197. The zero-order valence-corrected chi connectivity index (χ0v) is 9.04. The topological polar surface area (TPSA) is 29.5 Å². The third-order valence-electron chi connectivity index (χ3n) is 1.62. The molecule has 12 heavy (non-hydrogen) atoms. The van der Waals surface area contributed by atoms with Crippen LogP contribution in [0, 0.1) is 3.57 Å². The molecule has 0 aliphatic carbocycles. The molecule has 0 aromatic heterocycles. The lowest BCUT2D eigenvalue weighted by atomic mass is 10.1. The molecule has 0 fully saturated rings. The maximum absolute atomic E-state index is 8.70. The molecule has 0 saturated carbocycles. The van der Waals surface area contributed by atoms with Crippen LogP contribution in [-0.4, -0.2) is 18.8 Å². The van der Waals surface area contributed by atoms with Crippen molar-refractivity contribution in [3.63, 3.8) is 0 Å². The summed E-state index contributed by atoms with van der Waals surface area (Å²) in [6.07, 6.45) is 0.708. The van der Waals surface area contributed by atoms with E-state index in [0.717, 1.165) is 14.9 Å². The van der Waals surface area contributed by atoms with Crippen molar-refractivity contribution < 1.29 is 9.84 Å². The number of benzene rings is 1. The lowest BCUT2D eigenvalue weighted by Gasteiger charge is -2.04. The Morgan fingerprint density at radius 1 is 1.50 bits per heavy atom. The lowest BCUT2D eigenvalue weighted by molar-refractivity contribution is 0.299. The number of rotatable bonds is 3. The molecule has 0 heterocycles. The van der Waals surface area contributed by atoms with Gasteiger partial charge in [-0.1, -0.05) is 6.07 Å². The molecule has 0 radical (unpaired) electrons. The number of halogens is 1. The minimum Gasteiger partial charge on any atom is -0.496 e. The van der Waals surface area contributed by atoms with Crippen LogP contribution in [0.5, 0.6) is 5.75 Å². The van der Waals surface area contributed by atoms with E-state index in [9.17, 15) is 0 Å². The van der Waals surface area contributed by atoms with Crippen molar-refractivity contribution in [2.45, 2.75) is 6.42 Å². The minimum absolute atomic E-state index is 0.197. The SMILES string of the molecule is COc1ccc(CCO)cc1I. The lowest BCUT2D eigenvalue weighted by Crippen LogP contribution is -1.93. The Bertz CT molecular complexity index is 261. The molecule has 1 rings (SSSR count). The summed E-state index contributed by atoms with van der Waals surface area (Å²) in [5.41, 5.74) is 1.14. The van der Waals surface area contributed by atoms with Gasteiger partial charge < -0.3 is 9.84 Å². The molecule has 0 bridgehead atoms. The van der Waals surface area contributed by atoms with Gasteiger partial charge in [0.15, 0.2) is 0 Å². The molecule has 2 nitrogen and oxygen atoms in total.